The van der Waals surface area contributed by atoms with E-state index in [1.165, 1.54) is 5.56 Å². The van der Waals surface area contributed by atoms with E-state index in [1.54, 1.807) is 18.9 Å². The van der Waals surface area contributed by atoms with Crippen LogP contribution in [0.25, 0.3) is 11.3 Å². The van der Waals surface area contributed by atoms with E-state index in [4.69, 9.17) is 20.1 Å². The summed E-state index contributed by atoms with van der Waals surface area (Å²) in [7, 11) is 1.68. The van der Waals surface area contributed by atoms with E-state index in [9.17, 15) is 0 Å². The first-order chi connectivity index (χ1) is 10.0. The highest BCUT2D eigenvalue weighted by Crippen LogP contribution is 2.26. The molecule has 0 saturated carbocycles. The number of methoxy groups -OCH3 is 1. The molecule has 7 nitrogen and oxygen atoms in total. The van der Waals surface area contributed by atoms with Crippen molar-refractivity contribution < 1.29 is 15.0 Å². The third kappa shape index (κ3) is 4.67. The van der Waals surface area contributed by atoms with Gasteiger partial charge < -0.3 is 14.5 Å². The second-order valence-corrected chi connectivity index (χ2v) is 4.61. The van der Waals surface area contributed by atoms with Crippen molar-refractivity contribution in [2.45, 2.75) is 18.6 Å². The van der Waals surface area contributed by atoms with Crippen molar-refractivity contribution in [1.82, 2.24) is 9.55 Å². The number of benzene rings is 1. The van der Waals surface area contributed by atoms with E-state index in [2.05, 4.69) is 28.6 Å². The summed E-state index contributed by atoms with van der Waals surface area (Å²) >= 11 is 1.67. The predicted octanol–water partition coefficient (Wildman–Crippen LogP) is 2.95. The van der Waals surface area contributed by atoms with E-state index in [1.807, 2.05) is 24.6 Å². The number of hydrogen-bond donors (Lipinski definition) is 1. The molecule has 1 heterocycles. The van der Waals surface area contributed by atoms with Crippen molar-refractivity contribution in [1.29, 1.82) is 0 Å². The van der Waals surface area contributed by atoms with Gasteiger partial charge in [0.15, 0.2) is 5.16 Å². The minimum absolute atomic E-state index is 0.876. The van der Waals surface area contributed by atoms with Gasteiger partial charge in [0.25, 0.3) is 5.09 Å². The number of hydrogen-bond acceptors (Lipinski definition) is 5. The van der Waals surface area contributed by atoms with Gasteiger partial charge in [-0.3, -0.25) is 0 Å². The van der Waals surface area contributed by atoms with Crippen LogP contribution in [0.15, 0.2) is 35.6 Å². The lowest BCUT2D eigenvalue weighted by Gasteiger charge is -2.08. The van der Waals surface area contributed by atoms with Gasteiger partial charge in [0.2, 0.25) is 0 Å². The van der Waals surface area contributed by atoms with Gasteiger partial charge in [-0.05, 0) is 37.4 Å². The number of nitrogens with zero attached hydrogens (tertiary/aromatic N) is 3. The second-order valence-electron chi connectivity index (χ2n) is 3.84. The predicted molar refractivity (Wildman–Crippen MR) is 80.5 cm³/mol. The quantitative estimate of drug-likeness (QED) is 0.530. The molecule has 0 unspecified atom stereocenters. The highest BCUT2D eigenvalue weighted by atomic mass is 32.2. The van der Waals surface area contributed by atoms with Crippen LogP contribution in [0.5, 0.6) is 5.75 Å². The molecule has 0 radical (unpaired) electrons. The molecule has 0 aliphatic rings. The van der Waals surface area contributed by atoms with E-state index in [0.717, 1.165) is 23.1 Å². The van der Waals surface area contributed by atoms with Gasteiger partial charge in [0, 0.05) is 12.1 Å². The first kappa shape index (κ1) is 16.8. The van der Waals surface area contributed by atoms with Gasteiger partial charge in [-0.25, -0.2) is 4.98 Å². The largest absolute Gasteiger partial charge is 0.497 e. The molecule has 0 fully saturated rings. The lowest BCUT2D eigenvalue weighted by atomic mass is 10.1. The molecule has 0 spiro atoms. The summed E-state index contributed by atoms with van der Waals surface area (Å²) in [6.45, 7) is 3.06. The summed E-state index contributed by atoms with van der Waals surface area (Å²) in [5.74, 6) is 0.876. The second kappa shape index (κ2) is 8.15. The SMILES string of the molecule is CCn1c(-c2ccc(OC)cc2)cnc1SC.O=[N+]([O-])O. The zero-order chi connectivity index (χ0) is 15.8. The Balaban J connectivity index is 0.000000491. The van der Waals surface area contributed by atoms with Gasteiger partial charge in [-0.15, -0.1) is 10.1 Å². The van der Waals surface area contributed by atoms with Crippen molar-refractivity contribution in [2.24, 2.45) is 0 Å². The maximum Gasteiger partial charge on any atom is 0.291 e. The fourth-order valence-corrected chi connectivity index (χ4v) is 2.43. The average molecular weight is 311 g/mol. The summed E-state index contributed by atoms with van der Waals surface area (Å²) in [6.07, 6.45) is 3.98. The molecule has 0 atom stereocenters. The Morgan fingerprint density at radius 2 is 2.00 bits per heavy atom. The highest BCUT2D eigenvalue weighted by molar-refractivity contribution is 7.98. The lowest BCUT2D eigenvalue weighted by molar-refractivity contribution is -0.742. The summed E-state index contributed by atoms with van der Waals surface area (Å²) in [4.78, 5) is 12.8. The van der Waals surface area contributed by atoms with E-state index in [-0.39, 0.29) is 0 Å². The van der Waals surface area contributed by atoms with Crippen molar-refractivity contribution in [3.63, 3.8) is 0 Å². The number of thioether (sulfide) groups is 1. The molecule has 1 N–H and O–H groups in total. The van der Waals surface area contributed by atoms with E-state index >= 15 is 0 Å². The number of ether oxygens (including phenoxy) is 1. The minimum Gasteiger partial charge on any atom is -0.497 e. The Morgan fingerprint density at radius 3 is 2.43 bits per heavy atom. The summed E-state index contributed by atoms with van der Waals surface area (Å²) in [6, 6.07) is 8.07. The Labute approximate surface area is 126 Å². The summed E-state index contributed by atoms with van der Waals surface area (Å²) < 4.78 is 7.38. The first-order valence-corrected chi connectivity index (χ1v) is 7.33. The Bertz CT molecular complexity index is 580. The zero-order valence-corrected chi connectivity index (χ0v) is 12.8. The van der Waals surface area contributed by atoms with Crippen molar-refractivity contribution >= 4 is 11.8 Å². The Hall–Kier alpha value is -2.22. The van der Waals surface area contributed by atoms with Crippen LogP contribution in [0.3, 0.4) is 0 Å². The smallest absolute Gasteiger partial charge is 0.291 e. The first-order valence-electron chi connectivity index (χ1n) is 6.10. The summed E-state index contributed by atoms with van der Waals surface area (Å²) in [5.41, 5.74) is 2.32. The van der Waals surface area contributed by atoms with Crippen LogP contribution >= 0.6 is 11.8 Å². The highest BCUT2D eigenvalue weighted by Gasteiger charge is 2.09. The zero-order valence-electron chi connectivity index (χ0n) is 12.0. The van der Waals surface area contributed by atoms with E-state index in [0.29, 0.717) is 0 Å². The van der Waals surface area contributed by atoms with Crippen LogP contribution < -0.4 is 4.74 Å². The lowest BCUT2D eigenvalue weighted by Crippen LogP contribution is -1.98. The molecular weight excluding hydrogens is 294 g/mol. The van der Waals surface area contributed by atoms with Gasteiger partial charge in [-0.2, -0.15) is 0 Å². The van der Waals surface area contributed by atoms with Crippen LogP contribution in [0.2, 0.25) is 0 Å². The van der Waals surface area contributed by atoms with Gasteiger partial charge in [0.1, 0.15) is 5.75 Å². The van der Waals surface area contributed by atoms with Gasteiger partial charge >= 0.3 is 0 Å². The molecule has 21 heavy (non-hydrogen) atoms. The third-order valence-corrected chi connectivity index (χ3v) is 3.39. The number of imidazole rings is 1. The Kier molecular flexibility index (Phi) is 6.54. The molecule has 0 bridgehead atoms. The third-order valence-electron chi connectivity index (χ3n) is 2.70. The molecule has 2 aromatic rings. The van der Waals surface area contributed by atoms with Crippen LogP contribution in [0, 0.1) is 10.1 Å². The van der Waals surface area contributed by atoms with Gasteiger partial charge in [0.05, 0.1) is 19.0 Å². The Morgan fingerprint density at radius 1 is 1.43 bits per heavy atom. The van der Waals surface area contributed by atoms with Gasteiger partial charge in [-0.1, -0.05) is 11.8 Å². The molecule has 1 aromatic heterocycles. The molecule has 0 amide bonds. The van der Waals surface area contributed by atoms with Crippen molar-refractivity contribution in [3.05, 3.63) is 40.6 Å². The molecule has 0 aliphatic heterocycles. The molecule has 0 aliphatic carbocycles. The molecule has 1 aromatic carbocycles. The van der Waals surface area contributed by atoms with Crippen LogP contribution in [0.4, 0.5) is 0 Å². The fraction of sp³-hybridized carbons (Fsp3) is 0.308. The molecular formula is C13H17N3O4S. The average Bonchev–Trinajstić information content (AvgIpc) is 2.89. The van der Waals surface area contributed by atoms with Crippen molar-refractivity contribution in [2.75, 3.05) is 13.4 Å². The summed E-state index contributed by atoms with van der Waals surface area (Å²) in [5, 5.41) is 14.7. The van der Waals surface area contributed by atoms with E-state index < -0.39 is 5.09 Å². The molecule has 0 saturated heterocycles. The number of aromatic nitrogens is 2. The van der Waals surface area contributed by atoms with Crippen LogP contribution in [-0.2, 0) is 6.54 Å². The van der Waals surface area contributed by atoms with Crippen molar-refractivity contribution in [3.8, 4) is 17.0 Å². The number of rotatable bonds is 4. The monoisotopic (exact) mass is 311 g/mol. The minimum atomic E-state index is -1.50. The maximum absolute atomic E-state index is 8.36. The maximum atomic E-state index is 8.36. The molecule has 2 rings (SSSR count). The fourth-order valence-electron chi connectivity index (χ4n) is 1.82. The normalized spacial score (nSPS) is 9.67. The molecule has 114 valence electrons. The standard InChI is InChI=1S/C13H16N2OS.HNO3/c1-4-15-12(9-14-13(15)17-3)10-5-7-11(16-2)8-6-10;2-1(3)4/h5-9H,4H2,1-3H3;(H,2,3,4). The topological polar surface area (TPSA) is 90.4 Å². The van der Waals surface area contributed by atoms with Crippen LogP contribution in [0.1, 0.15) is 6.92 Å². The molecule has 8 heteroatoms. The van der Waals surface area contributed by atoms with Crippen LogP contribution in [-0.4, -0.2) is 33.2 Å².